The Kier molecular flexibility index (Phi) is 2.55. The molecule has 2 heterocycles. The highest BCUT2D eigenvalue weighted by Crippen LogP contribution is 2.47. The highest BCUT2D eigenvalue weighted by Gasteiger charge is 2.45. The van der Waals surface area contributed by atoms with Crippen LogP contribution < -0.4 is 5.32 Å². The zero-order chi connectivity index (χ0) is 12.5. The smallest absolute Gasteiger partial charge is 0.315 e. The van der Waals surface area contributed by atoms with Crippen molar-refractivity contribution in [2.24, 2.45) is 5.92 Å². The number of nitrogens with one attached hydrogen (secondary N) is 1. The Hall–Kier alpha value is -2.24. The van der Waals surface area contributed by atoms with Gasteiger partial charge in [0.2, 0.25) is 5.91 Å². The molecule has 6 nitrogen and oxygen atoms in total. The number of anilines is 1. The van der Waals surface area contributed by atoms with Crippen LogP contribution in [0.3, 0.4) is 0 Å². The second-order valence-corrected chi connectivity index (χ2v) is 4.34. The first-order valence-electron chi connectivity index (χ1n) is 5.76. The van der Waals surface area contributed by atoms with Gasteiger partial charge in [0.25, 0.3) is 0 Å². The lowest BCUT2D eigenvalue weighted by atomic mass is 10.2. The molecule has 3 rings (SSSR count). The maximum Gasteiger partial charge on any atom is 0.328 e. The Morgan fingerprint density at radius 2 is 2.39 bits per heavy atom. The fourth-order valence-corrected chi connectivity index (χ4v) is 1.95. The van der Waals surface area contributed by atoms with Crippen LogP contribution in [0.15, 0.2) is 28.9 Å². The van der Waals surface area contributed by atoms with E-state index in [-0.39, 0.29) is 23.8 Å². The van der Waals surface area contributed by atoms with Gasteiger partial charge in [-0.05, 0) is 25.5 Å². The molecule has 0 spiro atoms. The molecule has 18 heavy (non-hydrogen) atoms. The molecule has 1 aliphatic rings. The Bertz CT molecular complexity index is 566. The summed E-state index contributed by atoms with van der Waals surface area (Å²) in [6, 6.07) is 5.89. The summed E-state index contributed by atoms with van der Waals surface area (Å²) in [6.45, 7) is 1.70. The molecule has 0 aromatic carbocycles. The number of pyridine rings is 1. The lowest BCUT2D eigenvalue weighted by Gasteiger charge is -1.99. The van der Waals surface area contributed by atoms with Gasteiger partial charge in [-0.15, -0.1) is 0 Å². The summed E-state index contributed by atoms with van der Waals surface area (Å²) < 4.78 is 4.85. The van der Waals surface area contributed by atoms with Crippen LogP contribution in [0.1, 0.15) is 23.9 Å². The molecule has 0 aliphatic heterocycles. The maximum absolute atomic E-state index is 11.9. The molecule has 2 aromatic rings. The van der Waals surface area contributed by atoms with Gasteiger partial charge in [0.1, 0.15) is 0 Å². The van der Waals surface area contributed by atoms with Gasteiger partial charge in [0.15, 0.2) is 5.82 Å². The van der Waals surface area contributed by atoms with Crippen LogP contribution in [0.4, 0.5) is 6.01 Å². The molecule has 92 valence electrons. The molecule has 1 amide bonds. The predicted molar refractivity (Wildman–Crippen MR) is 62.7 cm³/mol. The largest absolute Gasteiger partial charge is 0.328 e. The number of nitrogens with zero attached hydrogens (tertiary/aromatic N) is 3. The Labute approximate surface area is 103 Å². The summed E-state index contributed by atoms with van der Waals surface area (Å²) in [5.41, 5.74) is 0.958. The first kappa shape index (κ1) is 10.9. The molecule has 0 bridgehead atoms. The van der Waals surface area contributed by atoms with Crippen LogP contribution in [0, 0.1) is 12.8 Å². The number of hydrogen-bond acceptors (Lipinski definition) is 5. The van der Waals surface area contributed by atoms with E-state index in [1.807, 2.05) is 18.2 Å². The lowest BCUT2D eigenvalue weighted by molar-refractivity contribution is -0.117. The molecule has 1 fully saturated rings. The Morgan fingerprint density at radius 3 is 3.06 bits per heavy atom. The van der Waals surface area contributed by atoms with Crippen molar-refractivity contribution in [1.29, 1.82) is 0 Å². The average Bonchev–Trinajstić information content (AvgIpc) is 3.09. The van der Waals surface area contributed by atoms with E-state index in [9.17, 15) is 4.79 Å². The molecule has 1 N–H and O–H groups in total. The van der Waals surface area contributed by atoms with Crippen molar-refractivity contribution < 1.29 is 9.32 Å². The van der Waals surface area contributed by atoms with Gasteiger partial charge in [-0.2, -0.15) is 4.98 Å². The predicted octanol–water partition coefficient (Wildman–Crippen LogP) is 1.52. The minimum atomic E-state index is -0.0886. The van der Waals surface area contributed by atoms with Crippen molar-refractivity contribution in [3.63, 3.8) is 0 Å². The molecule has 2 aromatic heterocycles. The van der Waals surface area contributed by atoms with Gasteiger partial charge < -0.3 is 4.52 Å². The van der Waals surface area contributed by atoms with E-state index in [4.69, 9.17) is 4.52 Å². The van der Waals surface area contributed by atoms with Crippen molar-refractivity contribution in [2.45, 2.75) is 19.3 Å². The van der Waals surface area contributed by atoms with Crippen molar-refractivity contribution in [2.75, 3.05) is 5.32 Å². The quantitative estimate of drug-likeness (QED) is 0.885. The number of aryl methyl sites for hydroxylation is 1. The summed E-state index contributed by atoms with van der Waals surface area (Å²) in [5.74, 6) is 0.569. The third kappa shape index (κ3) is 2.09. The highest BCUT2D eigenvalue weighted by atomic mass is 16.5. The number of amides is 1. The van der Waals surface area contributed by atoms with Gasteiger partial charge in [-0.1, -0.05) is 11.2 Å². The summed E-state index contributed by atoms with van der Waals surface area (Å²) in [5, 5.41) is 6.23. The molecule has 0 unspecified atom stereocenters. The van der Waals surface area contributed by atoms with Crippen molar-refractivity contribution >= 4 is 11.9 Å². The normalized spacial score (nSPS) is 21.6. The molecule has 1 aliphatic carbocycles. The van der Waals surface area contributed by atoms with Crippen molar-refractivity contribution in [3.8, 4) is 0 Å². The summed E-state index contributed by atoms with van der Waals surface area (Å²) in [6.07, 6.45) is 2.56. The monoisotopic (exact) mass is 244 g/mol. The van der Waals surface area contributed by atoms with Crippen molar-refractivity contribution in [1.82, 2.24) is 15.1 Å². The van der Waals surface area contributed by atoms with Gasteiger partial charge in [0, 0.05) is 23.7 Å². The standard InChI is InChI=1S/C12H12N4O2/c1-7-14-12(18-16-7)15-11(17)9-6-8(9)10-4-2-3-5-13-10/h2-5,8-9H,6H2,1H3,(H,14,15,16,17)/t8-,9-/m1/s1. The molecule has 2 atom stereocenters. The van der Waals surface area contributed by atoms with Crippen molar-refractivity contribution in [3.05, 3.63) is 35.9 Å². The third-order valence-electron chi connectivity index (χ3n) is 2.95. The highest BCUT2D eigenvalue weighted by molar-refractivity contribution is 5.93. The van der Waals surface area contributed by atoms with Crippen LogP contribution in [-0.2, 0) is 4.79 Å². The summed E-state index contributed by atoms with van der Waals surface area (Å²) in [4.78, 5) is 20.1. The third-order valence-corrected chi connectivity index (χ3v) is 2.95. The minimum absolute atomic E-state index is 0.0490. The van der Waals surface area contributed by atoms with Crippen LogP contribution in [0.2, 0.25) is 0 Å². The SMILES string of the molecule is Cc1noc(NC(=O)[C@@H]2C[C@H]2c2ccccn2)n1. The van der Waals surface area contributed by atoms with Crippen LogP contribution in [0.5, 0.6) is 0 Å². The molecule has 0 radical (unpaired) electrons. The second kappa shape index (κ2) is 4.21. The van der Waals surface area contributed by atoms with Gasteiger partial charge in [-0.3, -0.25) is 15.1 Å². The topological polar surface area (TPSA) is 80.9 Å². The number of carbonyl (C=O) groups is 1. The Balaban J connectivity index is 1.63. The molecule has 1 saturated carbocycles. The first-order chi connectivity index (χ1) is 8.74. The van der Waals surface area contributed by atoms with Crippen LogP contribution >= 0.6 is 0 Å². The summed E-state index contributed by atoms with van der Waals surface area (Å²) >= 11 is 0. The molecular formula is C12H12N4O2. The fraction of sp³-hybridized carbons (Fsp3) is 0.333. The van der Waals surface area contributed by atoms with E-state index in [1.165, 1.54) is 0 Å². The van der Waals surface area contributed by atoms with Gasteiger partial charge in [0.05, 0.1) is 0 Å². The van der Waals surface area contributed by atoms with E-state index in [0.717, 1.165) is 12.1 Å². The average molecular weight is 244 g/mol. The number of rotatable bonds is 3. The number of carbonyl (C=O) groups excluding carboxylic acids is 1. The van der Waals surface area contributed by atoms with E-state index in [2.05, 4.69) is 20.4 Å². The van der Waals surface area contributed by atoms with Gasteiger partial charge >= 0.3 is 6.01 Å². The lowest BCUT2D eigenvalue weighted by Crippen LogP contribution is -2.14. The molecule has 0 saturated heterocycles. The van der Waals surface area contributed by atoms with E-state index < -0.39 is 0 Å². The van der Waals surface area contributed by atoms with Gasteiger partial charge in [-0.25, -0.2) is 0 Å². The Morgan fingerprint density at radius 1 is 1.50 bits per heavy atom. The van der Waals surface area contributed by atoms with E-state index >= 15 is 0 Å². The maximum atomic E-state index is 11.9. The zero-order valence-corrected chi connectivity index (χ0v) is 9.83. The number of aromatic nitrogens is 3. The van der Waals surface area contributed by atoms with Crippen LogP contribution in [-0.4, -0.2) is 21.0 Å². The number of hydrogen-bond donors (Lipinski definition) is 1. The fourth-order valence-electron chi connectivity index (χ4n) is 1.95. The molecule has 6 heteroatoms. The minimum Gasteiger partial charge on any atom is -0.315 e. The first-order valence-corrected chi connectivity index (χ1v) is 5.76. The zero-order valence-electron chi connectivity index (χ0n) is 9.83. The molecular weight excluding hydrogens is 232 g/mol. The summed E-state index contributed by atoms with van der Waals surface area (Å²) in [7, 11) is 0. The van der Waals surface area contributed by atoms with Crippen LogP contribution in [0.25, 0.3) is 0 Å². The van der Waals surface area contributed by atoms with E-state index in [1.54, 1.807) is 13.1 Å². The van der Waals surface area contributed by atoms with E-state index in [0.29, 0.717) is 5.82 Å². The second-order valence-electron chi connectivity index (χ2n) is 4.34.